The van der Waals surface area contributed by atoms with Gasteiger partial charge in [0, 0.05) is 24.2 Å². The maximum absolute atomic E-state index is 12.8. The summed E-state index contributed by atoms with van der Waals surface area (Å²) in [6, 6.07) is 5.66. The van der Waals surface area contributed by atoms with Crippen LogP contribution in [0.5, 0.6) is 0 Å². The lowest BCUT2D eigenvalue weighted by molar-refractivity contribution is 0.0852. The van der Waals surface area contributed by atoms with Gasteiger partial charge in [0.05, 0.1) is 0 Å². The number of hydrogen-bond acceptors (Lipinski definition) is 2. The maximum atomic E-state index is 12.8. The van der Waals surface area contributed by atoms with Crippen LogP contribution in [-0.2, 0) is 0 Å². The molecule has 1 saturated heterocycles. The summed E-state index contributed by atoms with van der Waals surface area (Å²) in [5, 5.41) is 3.06. The first-order valence-corrected chi connectivity index (χ1v) is 6.25. The fraction of sp³-hybridized carbons (Fsp3) is 0.500. The van der Waals surface area contributed by atoms with Crippen LogP contribution in [0, 0.1) is 5.82 Å². The number of carbonyl (C=O) groups excluding carboxylic acids is 1. The van der Waals surface area contributed by atoms with Crippen LogP contribution in [0.4, 0.5) is 4.39 Å². The first-order valence-electron chi connectivity index (χ1n) is 6.25. The summed E-state index contributed by atoms with van der Waals surface area (Å²) in [6.07, 6.45) is 1.88. The summed E-state index contributed by atoms with van der Waals surface area (Å²) in [7, 11) is 2.08. The molecule has 98 valence electrons. The zero-order chi connectivity index (χ0) is 13.2. The first-order chi connectivity index (χ1) is 8.48. The molecule has 1 amide bonds. The van der Waals surface area contributed by atoms with Crippen LogP contribution in [0.3, 0.4) is 0 Å². The second-order valence-electron chi connectivity index (χ2n) is 5.32. The minimum atomic E-state index is -0.322. The van der Waals surface area contributed by atoms with E-state index in [4.69, 9.17) is 0 Å². The third kappa shape index (κ3) is 3.07. The van der Waals surface area contributed by atoms with Crippen molar-refractivity contribution < 1.29 is 9.18 Å². The van der Waals surface area contributed by atoms with Crippen molar-refractivity contribution in [2.45, 2.75) is 25.3 Å². The Hall–Kier alpha value is -1.42. The third-order valence-electron chi connectivity index (χ3n) is 3.61. The minimum Gasteiger partial charge on any atom is -0.347 e. The van der Waals surface area contributed by atoms with Gasteiger partial charge in [0.25, 0.3) is 5.91 Å². The highest BCUT2D eigenvalue weighted by Crippen LogP contribution is 2.21. The summed E-state index contributed by atoms with van der Waals surface area (Å²) < 4.78 is 12.8. The summed E-state index contributed by atoms with van der Waals surface area (Å²) in [5.74, 6) is -0.445. The molecule has 1 N–H and O–H groups in total. The Morgan fingerprint density at radius 1 is 1.28 bits per heavy atom. The summed E-state index contributed by atoms with van der Waals surface area (Å²) in [5.41, 5.74) is 0.356. The van der Waals surface area contributed by atoms with Gasteiger partial charge in [-0.1, -0.05) is 0 Å². The molecule has 1 aliphatic rings. The number of halogens is 1. The third-order valence-corrected chi connectivity index (χ3v) is 3.61. The van der Waals surface area contributed by atoms with E-state index in [-0.39, 0.29) is 17.3 Å². The van der Waals surface area contributed by atoms with E-state index in [1.807, 2.05) is 0 Å². The van der Waals surface area contributed by atoms with Gasteiger partial charge in [-0.2, -0.15) is 0 Å². The van der Waals surface area contributed by atoms with E-state index in [0.717, 1.165) is 25.9 Å². The summed E-state index contributed by atoms with van der Waals surface area (Å²) in [6.45, 7) is 4.04. The normalized spacial score (nSPS) is 19.5. The van der Waals surface area contributed by atoms with Crippen LogP contribution < -0.4 is 5.32 Å². The van der Waals surface area contributed by atoms with E-state index in [0.29, 0.717) is 5.56 Å². The molecule has 1 aromatic rings. The molecule has 0 atom stereocenters. The highest BCUT2D eigenvalue weighted by Gasteiger charge is 2.30. The molecular weight excluding hydrogens is 231 g/mol. The fourth-order valence-corrected chi connectivity index (χ4v) is 2.18. The van der Waals surface area contributed by atoms with Crippen LogP contribution in [0.25, 0.3) is 0 Å². The number of likely N-dealkylation sites (tertiary alicyclic amines) is 1. The van der Waals surface area contributed by atoms with Crippen LogP contribution >= 0.6 is 0 Å². The standard InChI is InChI=1S/C14H19FN2O/c1-14(7-9-17(2)10-8-14)16-13(18)11-3-5-12(15)6-4-11/h3-6H,7-10H2,1-2H3,(H,16,18). The smallest absolute Gasteiger partial charge is 0.251 e. The van der Waals surface area contributed by atoms with Gasteiger partial charge in [-0.05, 0) is 51.1 Å². The van der Waals surface area contributed by atoms with Crippen LogP contribution in [0.1, 0.15) is 30.1 Å². The lowest BCUT2D eigenvalue weighted by Crippen LogP contribution is -2.52. The van der Waals surface area contributed by atoms with Crippen LogP contribution in [0.15, 0.2) is 24.3 Å². The van der Waals surface area contributed by atoms with Crippen molar-refractivity contribution in [2.24, 2.45) is 0 Å². The van der Waals surface area contributed by atoms with E-state index >= 15 is 0 Å². The minimum absolute atomic E-state index is 0.123. The largest absolute Gasteiger partial charge is 0.347 e. The van der Waals surface area contributed by atoms with Crippen molar-refractivity contribution in [1.82, 2.24) is 10.2 Å². The van der Waals surface area contributed by atoms with E-state index < -0.39 is 0 Å². The second-order valence-corrected chi connectivity index (χ2v) is 5.32. The van der Waals surface area contributed by atoms with Crippen molar-refractivity contribution in [3.63, 3.8) is 0 Å². The number of piperidine rings is 1. The lowest BCUT2D eigenvalue weighted by Gasteiger charge is -2.38. The Labute approximate surface area is 107 Å². The number of hydrogen-bond donors (Lipinski definition) is 1. The SMILES string of the molecule is CN1CCC(C)(NC(=O)c2ccc(F)cc2)CC1. The summed E-state index contributed by atoms with van der Waals surface area (Å²) >= 11 is 0. The molecule has 0 spiro atoms. The van der Waals surface area contributed by atoms with Crippen LogP contribution in [-0.4, -0.2) is 36.5 Å². The van der Waals surface area contributed by atoms with Gasteiger partial charge in [0.1, 0.15) is 5.82 Å². The summed E-state index contributed by atoms with van der Waals surface area (Å²) in [4.78, 5) is 14.3. The van der Waals surface area contributed by atoms with E-state index in [1.54, 1.807) is 0 Å². The number of rotatable bonds is 2. The average Bonchev–Trinajstić information content (AvgIpc) is 2.34. The fourth-order valence-electron chi connectivity index (χ4n) is 2.18. The number of nitrogens with one attached hydrogen (secondary N) is 1. The molecule has 0 aromatic heterocycles. The number of carbonyl (C=O) groups is 1. The van der Waals surface area contributed by atoms with Gasteiger partial charge in [-0.25, -0.2) is 4.39 Å². The second kappa shape index (κ2) is 5.06. The van der Waals surface area contributed by atoms with Gasteiger partial charge in [0.15, 0.2) is 0 Å². The van der Waals surface area contributed by atoms with E-state index in [2.05, 4.69) is 24.2 Å². The highest BCUT2D eigenvalue weighted by molar-refractivity contribution is 5.94. The molecule has 18 heavy (non-hydrogen) atoms. The zero-order valence-electron chi connectivity index (χ0n) is 10.9. The number of nitrogens with zero attached hydrogens (tertiary/aromatic N) is 1. The van der Waals surface area contributed by atoms with Crippen molar-refractivity contribution in [1.29, 1.82) is 0 Å². The molecule has 1 aliphatic heterocycles. The number of amides is 1. The Balaban J connectivity index is 2.00. The van der Waals surface area contributed by atoms with Gasteiger partial charge in [-0.15, -0.1) is 0 Å². The predicted octanol–water partition coefficient (Wildman–Crippen LogP) is 2.04. The Morgan fingerprint density at radius 2 is 1.83 bits per heavy atom. The van der Waals surface area contributed by atoms with Crippen molar-refractivity contribution in [2.75, 3.05) is 20.1 Å². The van der Waals surface area contributed by atoms with Crippen molar-refractivity contribution in [3.8, 4) is 0 Å². The molecule has 0 unspecified atom stereocenters. The molecule has 0 bridgehead atoms. The monoisotopic (exact) mass is 250 g/mol. The Bertz CT molecular complexity index is 422. The molecule has 1 fully saturated rings. The van der Waals surface area contributed by atoms with Gasteiger partial charge in [0.2, 0.25) is 0 Å². The Kier molecular flexibility index (Phi) is 3.66. The zero-order valence-corrected chi connectivity index (χ0v) is 10.9. The van der Waals surface area contributed by atoms with Crippen LogP contribution in [0.2, 0.25) is 0 Å². The molecule has 1 aromatic carbocycles. The first kappa shape index (κ1) is 13.0. The maximum Gasteiger partial charge on any atom is 0.251 e. The van der Waals surface area contributed by atoms with Gasteiger partial charge >= 0.3 is 0 Å². The average molecular weight is 250 g/mol. The Morgan fingerprint density at radius 3 is 2.39 bits per heavy atom. The van der Waals surface area contributed by atoms with Gasteiger partial charge in [-0.3, -0.25) is 4.79 Å². The molecule has 0 saturated carbocycles. The molecule has 3 nitrogen and oxygen atoms in total. The molecule has 1 heterocycles. The predicted molar refractivity (Wildman–Crippen MR) is 69.0 cm³/mol. The van der Waals surface area contributed by atoms with Crippen molar-refractivity contribution >= 4 is 5.91 Å². The van der Waals surface area contributed by atoms with Gasteiger partial charge < -0.3 is 10.2 Å². The quantitative estimate of drug-likeness (QED) is 0.871. The van der Waals surface area contributed by atoms with E-state index in [9.17, 15) is 9.18 Å². The molecule has 0 radical (unpaired) electrons. The van der Waals surface area contributed by atoms with E-state index in [1.165, 1.54) is 24.3 Å². The topological polar surface area (TPSA) is 32.3 Å². The number of benzene rings is 1. The molecule has 4 heteroatoms. The van der Waals surface area contributed by atoms with Crippen molar-refractivity contribution in [3.05, 3.63) is 35.6 Å². The lowest BCUT2D eigenvalue weighted by atomic mass is 9.89. The molecule has 0 aliphatic carbocycles. The molecule has 2 rings (SSSR count). The highest BCUT2D eigenvalue weighted by atomic mass is 19.1. The molecular formula is C14H19FN2O.